The fraction of sp³-hybridized carbons (Fsp3) is 0.118. The van der Waals surface area contributed by atoms with E-state index in [0.29, 0.717) is 5.69 Å². The van der Waals surface area contributed by atoms with Crippen LogP contribution in [0.1, 0.15) is 5.56 Å². The molecule has 0 fully saturated rings. The van der Waals surface area contributed by atoms with Crippen molar-refractivity contribution in [1.82, 2.24) is 4.90 Å². The number of rotatable bonds is 4. The quantitative estimate of drug-likeness (QED) is 0.788. The number of fused-ring (bicyclic) bond motifs is 1. The molecule has 0 bridgehead atoms. The molecule has 1 N–H and O–H groups in total. The first-order valence-electron chi connectivity index (χ1n) is 7.61. The van der Waals surface area contributed by atoms with Gasteiger partial charge in [-0.3, -0.25) is 9.71 Å². The van der Waals surface area contributed by atoms with E-state index in [2.05, 4.69) is 36.0 Å². The van der Waals surface area contributed by atoms with Gasteiger partial charge in [-0.05, 0) is 42.0 Å². The van der Waals surface area contributed by atoms with E-state index in [1.165, 1.54) is 0 Å². The smallest absolute Gasteiger partial charge is 0.261 e. The van der Waals surface area contributed by atoms with Crippen molar-refractivity contribution in [1.29, 1.82) is 0 Å². The molecule has 8 heteroatoms. The Morgan fingerprint density at radius 2 is 1.80 bits per heavy atom. The molecule has 2 aromatic carbocycles. The number of anilines is 1. The molecule has 2 aliphatic heterocycles. The minimum absolute atomic E-state index is 0.229. The maximum Gasteiger partial charge on any atom is 0.261 e. The third-order valence-corrected chi connectivity index (χ3v) is 6.75. The van der Waals surface area contributed by atoms with Crippen LogP contribution in [-0.2, 0) is 10.0 Å². The Hall–Kier alpha value is -1.77. The van der Waals surface area contributed by atoms with Crippen LogP contribution in [0.15, 0.2) is 68.3 Å². The van der Waals surface area contributed by atoms with Crippen LogP contribution in [0.2, 0.25) is 0 Å². The van der Waals surface area contributed by atoms with Crippen molar-refractivity contribution in [3.8, 4) is 0 Å². The lowest BCUT2D eigenvalue weighted by atomic mass is 10.1. The molecule has 0 aliphatic carbocycles. The molecular weight excluding hydrogens is 422 g/mol. The van der Waals surface area contributed by atoms with Gasteiger partial charge < -0.3 is 4.90 Å². The van der Waals surface area contributed by atoms with E-state index in [1.807, 2.05) is 12.1 Å². The number of amidine groups is 1. The van der Waals surface area contributed by atoms with Gasteiger partial charge in [0.15, 0.2) is 5.17 Å². The van der Waals surface area contributed by atoms with E-state index in [1.54, 1.807) is 48.2 Å². The minimum Gasteiger partial charge on any atom is -0.318 e. The number of sulfonamides is 1. The molecule has 0 aromatic heterocycles. The van der Waals surface area contributed by atoms with Crippen molar-refractivity contribution in [2.24, 2.45) is 4.99 Å². The van der Waals surface area contributed by atoms with Gasteiger partial charge >= 0.3 is 0 Å². The molecule has 0 atom stereocenters. The number of aliphatic imine (C=N–C) groups is 1. The molecule has 5 nitrogen and oxygen atoms in total. The standard InChI is InChI=1S/C17H14BrN3O2S2/c18-13-3-7-15(8-4-13)25(22,23)20-14-5-1-12(2-6-14)16-11-24-17-19-9-10-21(16)17/h1-8,11,20H,9-10H2. The number of hydrogen-bond donors (Lipinski definition) is 1. The van der Waals surface area contributed by atoms with E-state index >= 15 is 0 Å². The van der Waals surface area contributed by atoms with Gasteiger partial charge in [-0.25, -0.2) is 8.42 Å². The first-order valence-corrected chi connectivity index (χ1v) is 10.8. The Kier molecular flexibility index (Phi) is 4.35. The maximum atomic E-state index is 12.4. The molecular formula is C17H14BrN3O2S2. The monoisotopic (exact) mass is 435 g/mol. The van der Waals surface area contributed by atoms with Crippen molar-refractivity contribution in [3.63, 3.8) is 0 Å². The number of thioether (sulfide) groups is 1. The molecule has 128 valence electrons. The zero-order chi connectivity index (χ0) is 17.4. The third kappa shape index (κ3) is 3.33. The van der Waals surface area contributed by atoms with E-state index in [4.69, 9.17) is 0 Å². The molecule has 2 aliphatic rings. The van der Waals surface area contributed by atoms with Gasteiger partial charge in [-0.2, -0.15) is 0 Å². The average molecular weight is 436 g/mol. The summed E-state index contributed by atoms with van der Waals surface area (Å²) in [6, 6.07) is 13.9. The molecule has 0 spiro atoms. The van der Waals surface area contributed by atoms with Gasteiger partial charge in [0.2, 0.25) is 0 Å². The summed E-state index contributed by atoms with van der Waals surface area (Å²) in [6.07, 6.45) is 0. The lowest BCUT2D eigenvalue weighted by Crippen LogP contribution is -2.19. The summed E-state index contributed by atoms with van der Waals surface area (Å²) in [7, 11) is -3.60. The van der Waals surface area contributed by atoms with Crippen molar-refractivity contribution >= 4 is 54.3 Å². The van der Waals surface area contributed by atoms with E-state index in [-0.39, 0.29) is 4.90 Å². The highest BCUT2D eigenvalue weighted by molar-refractivity contribution is 9.10. The predicted octanol–water partition coefficient (Wildman–Crippen LogP) is 3.97. The lowest BCUT2D eigenvalue weighted by Gasteiger charge is -2.17. The third-order valence-electron chi connectivity index (χ3n) is 3.93. The van der Waals surface area contributed by atoms with Gasteiger partial charge in [0, 0.05) is 22.1 Å². The van der Waals surface area contributed by atoms with Gasteiger partial charge in [-0.1, -0.05) is 39.8 Å². The highest BCUT2D eigenvalue weighted by Crippen LogP contribution is 2.35. The Morgan fingerprint density at radius 3 is 2.52 bits per heavy atom. The van der Waals surface area contributed by atoms with Gasteiger partial charge in [-0.15, -0.1) is 0 Å². The molecule has 0 unspecified atom stereocenters. The van der Waals surface area contributed by atoms with Crippen LogP contribution in [0, 0.1) is 0 Å². The van der Waals surface area contributed by atoms with Crippen molar-refractivity contribution in [2.75, 3.05) is 17.8 Å². The SMILES string of the molecule is O=S(=O)(Nc1ccc(C2=CSC3=NCCN23)cc1)c1ccc(Br)cc1. The van der Waals surface area contributed by atoms with Gasteiger partial charge in [0.05, 0.1) is 17.1 Å². The van der Waals surface area contributed by atoms with E-state index < -0.39 is 10.0 Å². The van der Waals surface area contributed by atoms with Gasteiger partial charge in [0.1, 0.15) is 0 Å². The molecule has 0 saturated carbocycles. The summed E-state index contributed by atoms with van der Waals surface area (Å²) >= 11 is 4.93. The normalized spacial score (nSPS) is 16.4. The van der Waals surface area contributed by atoms with Crippen LogP contribution in [0.25, 0.3) is 5.70 Å². The Balaban J connectivity index is 1.53. The van der Waals surface area contributed by atoms with E-state index in [9.17, 15) is 8.42 Å². The second kappa shape index (κ2) is 6.51. The number of hydrogen-bond acceptors (Lipinski definition) is 5. The number of nitrogens with one attached hydrogen (secondary N) is 1. The fourth-order valence-corrected chi connectivity index (χ4v) is 4.97. The zero-order valence-corrected chi connectivity index (χ0v) is 16.2. The molecule has 2 aromatic rings. The summed E-state index contributed by atoms with van der Waals surface area (Å²) in [6.45, 7) is 1.72. The fourth-order valence-electron chi connectivity index (χ4n) is 2.68. The van der Waals surface area contributed by atoms with E-state index in [0.717, 1.165) is 34.0 Å². The first-order chi connectivity index (χ1) is 12.0. The second-order valence-corrected chi connectivity index (χ2v) is 9.01. The van der Waals surface area contributed by atoms with Crippen molar-refractivity contribution in [3.05, 3.63) is 64.0 Å². The molecule has 25 heavy (non-hydrogen) atoms. The van der Waals surface area contributed by atoms with Crippen LogP contribution >= 0.6 is 27.7 Å². The van der Waals surface area contributed by atoms with Crippen LogP contribution in [0.3, 0.4) is 0 Å². The van der Waals surface area contributed by atoms with Crippen molar-refractivity contribution in [2.45, 2.75) is 4.90 Å². The zero-order valence-electron chi connectivity index (χ0n) is 13.0. The molecule has 0 saturated heterocycles. The summed E-state index contributed by atoms with van der Waals surface area (Å²) in [5, 5.41) is 3.12. The van der Waals surface area contributed by atoms with Gasteiger partial charge in [0.25, 0.3) is 10.0 Å². The van der Waals surface area contributed by atoms with Crippen LogP contribution in [-0.4, -0.2) is 31.6 Å². The maximum absolute atomic E-state index is 12.4. The Morgan fingerprint density at radius 1 is 1.08 bits per heavy atom. The molecule has 0 amide bonds. The highest BCUT2D eigenvalue weighted by atomic mass is 79.9. The summed E-state index contributed by atoms with van der Waals surface area (Å²) < 4.78 is 28.3. The second-order valence-electron chi connectivity index (χ2n) is 5.57. The van der Waals surface area contributed by atoms with Crippen LogP contribution in [0.5, 0.6) is 0 Å². The Bertz CT molecular complexity index is 968. The molecule has 2 heterocycles. The highest BCUT2D eigenvalue weighted by Gasteiger charge is 2.27. The van der Waals surface area contributed by atoms with Crippen molar-refractivity contribution < 1.29 is 8.42 Å². The average Bonchev–Trinajstić information content (AvgIpc) is 3.19. The molecule has 0 radical (unpaired) electrons. The lowest BCUT2D eigenvalue weighted by molar-refractivity contribution is 0.601. The molecule has 4 rings (SSSR count). The van der Waals surface area contributed by atoms with Crippen LogP contribution < -0.4 is 4.72 Å². The largest absolute Gasteiger partial charge is 0.318 e. The number of benzene rings is 2. The number of halogens is 1. The minimum atomic E-state index is -3.60. The predicted molar refractivity (Wildman–Crippen MR) is 106 cm³/mol. The number of nitrogens with zero attached hydrogens (tertiary/aromatic N) is 2. The topological polar surface area (TPSA) is 61.8 Å². The summed E-state index contributed by atoms with van der Waals surface area (Å²) in [4.78, 5) is 6.85. The Labute approximate surface area is 159 Å². The first kappa shape index (κ1) is 16.7. The summed E-state index contributed by atoms with van der Waals surface area (Å²) in [5.74, 6) is 0. The van der Waals surface area contributed by atoms with Crippen LogP contribution in [0.4, 0.5) is 5.69 Å². The summed E-state index contributed by atoms with van der Waals surface area (Å²) in [5.41, 5.74) is 2.70.